The van der Waals surface area contributed by atoms with Crippen LogP contribution in [0.25, 0.3) is 11.4 Å². The van der Waals surface area contributed by atoms with Crippen LogP contribution < -0.4 is 5.56 Å². The van der Waals surface area contributed by atoms with Crippen LogP contribution >= 0.6 is 27.7 Å². The molecule has 5 heteroatoms. The van der Waals surface area contributed by atoms with Gasteiger partial charge in [0.1, 0.15) is 10.3 Å². The number of H-pyrrole nitrogens is 1. The van der Waals surface area contributed by atoms with E-state index >= 15 is 0 Å². The minimum Gasteiger partial charge on any atom is -0.306 e. The van der Waals surface area contributed by atoms with Crippen molar-refractivity contribution >= 4 is 27.7 Å². The monoisotopic (exact) mass is 352 g/mol. The summed E-state index contributed by atoms with van der Waals surface area (Å²) in [6.07, 6.45) is 0. The minimum atomic E-state index is -0.134. The van der Waals surface area contributed by atoms with Crippen LogP contribution in [0.1, 0.15) is 32.4 Å². The first kappa shape index (κ1) is 15.3. The summed E-state index contributed by atoms with van der Waals surface area (Å²) in [5.74, 6) is 1.86. The van der Waals surface area contributed by atoms with E-state index in [1.807, 2.05) is 26.0 Å². The second kappa shape index (κ2) is 6.59. The molecule has 0 fully saturated rings. The second-order valence-corrected chi connectivity index (χ2v) is 6.86. The van der Waals surface area contributed by atoms with Crippen molar-refractivity contribution in [3.63, 3.8) is 0 Å². The minimum absolute atomic E-state index is 0.134. The van der Waals surface area contributed by atoms with E-state index in [0.29, 0.717) is 10.3 Å². The lowest BCUT2D eigenvalue weighted by atomic mass is 10.1. The first-order valence-corrected chi connectivity index (χ1v) is 8.33. The first-order valence-electron chi connectivity index (χ1n) is 6.55. The van der Waals surface area contributed by atoms with E-state index in [9.17, 15) is 4.79 Å². The Morgan fingerprint density at radius 2 is 1.95 bits per heavy atom. The van der Waals surface area contributed by atoms with Crippen molar-refractivity contribution < 1.29 is 0 Å². The normalized spacial score (nSPS) is 11.1. The summed E-state index contributed by atoms with van der Waals surface area (Å²) in [6, 6.07) is 8.10. The zero-order valence-corrected chi connectivity index (χ0v) is 14.1. The number of aromatic amines is 1. The molecule has 1 aromatic carbocycles. The number of hydrogen-bond donors (Lipinski definition) is 1. The Balaban J connectivity index is 2.44. The maximum Gasteiger partial charge on any atom is 0.265 e. The largest absolute Gasteiger partial charge is 0.306 e. The number of hydrogen-bond acceptors (Lipinski definition) is 3. The zero-order chi connectivity index (χ0) is 14.7. The van der Waals surface area contributed by atoms with Gasteiger partial charge in [0, 0.05) is 10.5 Å². The van der Waals surface area contributed by atoms with E-state index in [-0.39, 0.29) is 11.5 Å². The van der Waals surface area contributed by atoms with Crippen LogP contribution in [-0.4, -0.2) is 15.7 Å². The SMILES string of the molecule is CCSc1ccc(-c2nc(C(C)C)c(Br)c(=O)[nH]2)cc1. The predicted molar refractivity (Wildman–Crippen MR) is 88.5 cm³/mol. The average Bonchev–Trinajstić information content (AvgIpc) is 2.42. The average molecular weight is 353 g/mol. The van der Waals surface area contributed by atoms with Crippen molar-refractivity contribution in [2.45, 2.75) is 31.6 Å². The molecule has 1 N–H and O–H groups in total. The Hall–Kier alpha value is -1.07. The molecular formula is C15H17BrN2OS. The Morgan fingerprint density at radius 1 is 1.30 bits per heavy atom. The molecule has 0 amide bonds. The highest BCUT2D eigenvalue weighted by Crippen LogP contribution is 2.24. The van der Waals surface area contributed by atoms with Crippen LogP contribution in [0.15, 0.2) is 38.4 Å². The van der Waals surface area contributed by atoms with Crippen molar-refractivity contribution in [2.75, 3.05) is 5.75 Å². The standard InChI is InChI=1S/C15H17BrN2OS/c1-4-20-11-7-5-10(6-8-11)14-17-13(9(2)3)12(16)15(19)18-14/h5-9H,4H2,1-3H3,(H,17,18,19). The van der Waals surface area contributed by atoms with Gasteiger partial charge in [0.25, 0.3) is 5.56 Å². The number of benzene rings is 1. The van der Waals surface area contributed by atoms with Gasteiger partial charge in [-0.3, -0.25) is 4.79 Å². The number of nitrogens with zero attached hydrogens (tertiary/aromatic N) is 1. The van der Waals surface area contributed by atoms with E-state index < -0.39 is 0 Å². The quantitative estimate of drug-likeness (QED) is 0.827. The van der Waals surface area contributed by atoms with Gasteiger partial charge in [-0.25, -0.2) is 4.98 Å². The van der Waals surface area contributed by atoms with Crippen molar-refractivity contribution in [1.82, 2.24) is 9.97 Å². The number of halogens is 1. The maximum atomic E-state index is 12.0. The van der Waals surface area contributed by atoms with Crippen molar-refractivity contribution in [1.29, 1.82) is 0 Å². The van der Waals surface area contributed by atoms with E-state index in [2.05, 4.69) is 45.0 Å². The van der Waals surface area contributed by atoms with E-state index in [1.165, 1.54) is 4.90 Å². The van der Waals surface area contributed by atoms with Crippen LogP contribution in [0.5, 0.6) is 0 Å². The zero-order valence-electron chi connectivity index (χ0n) is 11.7. The topological polar surface area (TPSA) is 45.8 Å². The van der Waals surface area contributed by atoms with Crippen molar-refractivity contribution in [3.8, 4) is 11.4 Å². The fraction of sp³-hybridized carbons (Fsp3) is 0.333. The maximum absolute atomic E-state index is 12.0. The van der Waals surface area contributed by atoms with Gasteiger partial charge in [0.2, 0.25) is 0 Å². The fourth-order valence-electron chi connectivity index (χ4n) is 1.87. The van der Waals surface area contributed by atoms with Crippen LogP contribution in [-0.2, 0) is 0 Å². The van der Waals surface area contributed by atoms with E-state index in [1.54, 1.807) is 11.8 Å². The van der Waals surface area contributed by atoms with Crippen molar-refractivity contribution in [2.24, 2.45) is 0 Å². The van der Waals surface area contributed by atoms with Crippen LogP contribution in [0.3, 0.4) is 0 Å². The molecule has 1 aromatic heterocycles. The molecule has 0 aliphatic carbocycles. The highest BCUT2D eigenvalue weighted by atomic mass is 79.9. The van der Waals surface area contributed by atoms with Crippen LogP contribution in [0, 0.1) is 0 Å². The van der Waals surface area contributed by atoms with Gasteiger partial charge in [-0.05, 0) is 39.7 Å². The predicted octanol–water partition coefficient (Wildman–Crippen LogP) is 4.43. The van der Waals surface area contributed by atoms with Gasteiger partial charge >= 0.3 is 0 Å². The number of nitrogens with one attached hydrogen (secondary N) is 1. The lowest BCUT2D eigenvalue weighted by Crippen LogP contribution is -2.14. The van der Waals surface area contributed by atoms with Crippen LogP contribution in [0.4, 0.5) is 0 Å². The summed E-state index contributed by atoms with van der Waals surface area (Å²) in [6.45, 7) is 6.18. The molecule has 20 heavy (non-hydrogen) atoms. The molecule has 3 nitrogen and oxygen atoms in total. The molecule has 1 heterocycles. The summed E-state index contributed by atoms with van der Waals surface area (Å²) in [5, 5.41) is 0. The summed E-state index contributed by atoms with van der Waals surface area (Å²) >= 11 is 5.10. The number of rotatable bonds is 4. The lowest BCUT2D eigenvalue weighted by Gasteiger charge is -2.09. The molecule has 2 aromatic rings. The van der Waals surface area contributed by atoms with Crippen LogP contribution in [0.2, 0.25) is 0 Å². The van der Waals surface area contributed by atoms with Gasteiger partial charge in [-0.1, -0.05) is 32.9 Å². The molecule has 0 unspecified atom stereocenters. The van der Waals surface area contributed by atoms with Crippen molar-refractivity contribution in [3.05, 3.63) is 44.8 Å². The molecule has 0 atom stereocenters. The molecule has 0 aliphatic heterocycles. The molecule has 0 spiro atoms. The molecule has 2 rings (SSSR count). The summed E-state index contributed by atoms with van der Waals surface area (Å²) < 4.78 is 0.523. The summed E-state index contributed by atoms with van der Waals surface area (Å²) in [7, 11) is 0. The second-order valence-electron chi connectivity index (χ2n) is 4.73. The number of thioether (sulfide) groups is 1. The summed E-state index contributed by atoms with van der Waals surface area (Å²) in [4.78, 5) is 20.6. The van der Waals surface area contributed by atoms with Gasteiger partial charge < -0.3 is 4.98 Å². The molecular weight excluding hydrogens is 336 g/mol. The third-order valence-corrected chi connectivity index (χ3v) is 4.53. The van der Waals surface area contributed by atoms with E-state index in [0.717, 1.165) is 17.0 Å². The van der Waals surface area contributed by atoms with Gasteiger partial charge in [0.05, 0.1) is 5.69 Å². The Bertz CT molecular complexity index is 650. The fourth-order valence-corrected chi connectivity index (χ4v) is 3.18. The van der Waals surface area contributed by atoms with Gasteiger partial charge in [-0.15, -0.1) is 11.8 Å². The Kier molecular flexibility index (Phi) is 5.05. The third kappa shape index (κ3) is 3.33. The Morgan fingerprint density at radius 3 is 2.50 bits per heavy atom. The highest BCUT2D eigenvalue weighted by molar-refractivity contribution is 9.10. The highest BCUT2D eigenvalue weighted by Gasteiger charge is 2.13. The first-order chi connectivity index (χ1) is 9.52. The molecule has 0 saturated carbocycles. The molecule has 0 radical (unpaired) electrons. The Labute approximate surface area is 131 Å². The molecule has 0 saturated heterocycles. The van der Waals surface area contributed by atoms with E-state index in [4.69, 9.17) is 0 Å². The molecule has 0 bridgehead atoms. The van der Waals surface area contributed by atoms with Gasteiger partial charge in [0.15, 0.2) is 0 Å². The smallest absolute Gasteiger partial charge is 0.265 e. The lowest BCUT2D eigenvalue weighted by molar-refractivity contribution is 0.803. The molecule has 0 aliphatic rings. The number of aromatic nitrogens is 2. The third-order valence-electron chi connectivity index (χ3n) is 2.87. The summed E-state index contributed by atoms with van der Waals surface area (Å²) in [5.41, 5.74) is 1.58. The van der Waals surface area contributed by atoms with Gasteiger partial charge in [-0.2, -0.15) is 0 Å². The molecule has 106 valence electrons.